The van der Waals surface area contributed by atoms with Crippen LogP contribution in [0.25, 0.3) is 0 Å². The zero-order chi connectivity index (χ0) is 9.68. The van der Waals surface area contributed by atoms with Gasteiger partial charge in [-0.25, -0.2) is 4.98 Å². The van der Waals surface area contributed by atoms with Crippen molar-refractivity contribution in [3.05, 3.63) is 12.2 Å². The Balaban J connectivity index is 2.27. The number of nitrogens with zero attached hydrogens (tertiary/aromatic N) is 2. The van der Waals surface area contributed by atoms with E-state index in [0.29, 0.717) is 18.2 Å². The number of nitrogens with one attached hydrogen (secondary N) is 1. The number of hydrogen-bond acceptors (Lipinski definition) is 3. The Bertz CT molecular complexity index is 254. The van der Waals surface area contributed by atoms with E-state index >= 15 is 0 Å². The highest BCUT2D eigenvalue weighted by Gasteiger charge is 2.08. The van der Waals surface area contributed by atoms with E-state index in [9.17, 15) is 4.79 Å². The standard InChI is InChI=1S/C9H15N3O/c1-7(2)4-3-5-8(13)9-10-6-11-12-9/h6-7H,3-5H2,1-2H3,(H,10,11,12). The number of ketones is 1. The Labute approximate surface area is 77.8 Å². The predicted molar refractivity (Wildman–Crippen MR) is 49.4 cm³/mol. The number of carbonyl (C=O) groups excluding carboxylic acids is 1. The fourth-order valence-corrected chi connectivity index (χ4v) is 1.13. The Kier molecular flexibility index (Phi) is 3.61. The van der Waals surface area contributed by atoms with E-state index in [1.807, 2.05) is 0 Å². The second-order valence-corrected chi connectivity index (χ2v) is 3.54. The van der Waals surface area contributed by atoms with Crippen LogP contribution in [0.3, 0.4) is 0 Å². The van der Waals surface area contributed by atoms with Crippen molar-refractivity contribution in [1.82, 2.24) is 15.2 Å². The number of aromatic nitrogens is 3. The molecule has 1 aromatic rings. The third-order valence-corrected chi connectivity index (χ3v) is 1.86. The van der Waals surface area contributed by atoms with Gasteiger partial charge in [0.2, 0.25) is 0 Å². The molecule has 1 heterocycles. The molecular formula is C9H15N3O. The highest BCUT2D eigenvalue weighted by atomic mass is 16.1. The van der Waals surface area contributed by atoms with E-state index in [2.05, 4.69) is 29.0 Å². The van der Waals surface area contributed by atoms with E-state index in [4.69, 9.17) is 0 Å². The van der Waals surface area contributed by atoms with Crippen LogP contribution >= 0.6 is 0 Å². The first-order chi connectivity index (χ1) is 6.20. The van der Waals surface area contributed by atoms with Crippen molar-refractivity contribution in [2.75, 3.05) is 0 Å². The molecule has 4 heteroatoms. The molecule has 1 rings (SSSR count). The molecule has 13 heavy (non-hydrogen) atoms. The Morgan fingerprint density at radius 3 is 2.92 bits per heavy atom. The van der Waals surface area contributed by atoms with E-state index in [0.717, 1.165) is 12.8 Å². The van der Waals surface area contributed by atoms with Gasteiger partial charge >= 0.3 is 0 Å². The van der Waals surface area contributed by atoms with Gasteiger partial charge in [-0.3, -0.25) is 9.89 Å². The zero-order valence-corrected chi connectivity index (χ0v) is 8.08. The van der Waals surface area contributed by atoms with Gasteiger partial charge in [0, 0.05) is 6.42 Å². The maximum atomic E-state index is 11.4. The topological polar surface area (TPSA) is 58.6 Å². The predicted octanol–water partition coefficient (Wildman–Crippen LogP) is 1.81. The molecule has 0 aromatic carbocycles. The van der Waals surface area contributed by atoms with Gasteiger partial charge in [0.15, 0.2) is 11.6 Å². The van der Waals surface area contributed by atoms with Crippen molar-refractivity contribution in [3.63, 3.8) is 0 Å². The Morgan fingerprint density at radius 1 is 1.62 bits per heavy atom. The Morgan fingerprint density at radius 2 is 2.38 bits per heavy atom. The van der Waals surface area contributed by atoms with Crippen LogP contribution in [0.1, 0.15) is 43.7 Å². The molecule has 0 fully saturated rings. The molecule has 72 valence electrons. The minimum Gasteiger partial charge on any atom is -0.291 e. The summed E-state index contributed by atoms with van der Waals surface area (Å²) in [5.41, 5.74) is 0. The highest BCUT2D eigenvalue weighted by Crippen LogP contribution is 2.08. The smallest absolute Gasteiger partial charge is 0.199 e. The summed E-state index contributed by atoms with van der Waals surface area (Å²) < 4.78 is 0. The molecule has 4 nitrogen and oxygen atoms in total. The number of carbonyl (C=O) groups is 1. The first-order valence-electron chi connectivity index (χ1n) is 4.58. The highest BCUT2D eigenvalue weighted by molar-refractivity contribution is 5.92. The molecule has 0 unspecified atom stereocenters. The molecule has 0 bridgehead atoms. The molecule has 1 aromatic heterocycles. The molecule has 0 radical (unpaired) electrons. The second kappa shape index (κ2) is 4.74. The minimum atomic E-state index is 0.0538. The number of aromatic amines is 1. The van der Waals surface area contributed by atoms with Gasteiger partial charge in [-0.05, 0) is 12.3 Å². The maximum Gasteiger partial charge on any atom is 0.199 e. The average Bonchev–Trinajstić information content (AvgIpc) is 2.55. The van der Waals surface area contributed by atoms with Crippen LogP contribution in [0.2, 0.25) is 0 Å². The van der Waals surface area contributed by atoms with Gasteiger partial charge in [0.05, 0.1) is 0 Å². The van der Waals surface area contributed by atoms with Crippen LogP contribution in [0, 0.1) is 5.92 Å². The largest absolute Gasteiger partial charge is 0.291 e. The number of Topliss-reactive ketones (excluding diaryl/α,β-unsaturated/α-hetero) is 1. The maximum absolute atomic E-state index is 11.4. The van der Waals surface area contributed by atoms with Gasteiger partial charge in [0.1, 0.15) is 6.33 Å². The van der Waals surface area contributed by atoms with E-state index in [1.165, 1.54) is 6.33 Å². The molecule has 0 spiro atoms. The van der Waals surface area contributed by atoms with Crippen molar-refractivity contribution >= 4 is 5.78 Å². The summed E-state index contributed by atoms with van der Waals surface area (Å²) in [7, 11) is 0. The van der Waals surface area contributed by atoms with Crippen LogP contribution in [0.5, 0.6) is 0 Å². The lowest BCUT2D eigenvalue weighted by atomic mass is 10.0. The summed E-state index contributed by atoms with van der Waals surface area (Å²) in [6.45, 7) is 4.30. The summed E-state index contributed by atoms with van der Waals surface area (Å²) in [5, 5.41) is 6.19. The molecule has 1 N–H and O–H groups in total. The lowest BCUT2D eigenvalue weighted by Gasteiger charge is -2.01. The zero-order valence-electron chi connectivity index (χ0n) is 8.08. The number of hydrogen-bond donors (Lipinski definition) is 1. The van der Waals surface area contributed by atoms with Gasteiger partial charge in [-0.1, -0.05) is 20.3 Å². The number of rotatable bonds is 5. The summed E-state index contributed by atoms with van der Waals surface area (Å²) in [5.74, 6) is 1.09. The van der Waals surface area contributed by atoms with Gasteiger partial charge in [-0.2, -0.15) is 5.10 Å². The van der Waals surface area contributed by atoms with Crippen molar-refractivity contribution in [2.45, 2.75) is 33.1 Å². The summed E-state index contributed by atoms with van der Waals surface area (Å²) in [6.07, 6.45) is 3.93. The van der Waals surface area contributed by atoms with Crippen LogP contribution in [-0.4, -0.2) is 21.0 Å². The monoisotopic (exact) mass is 181 g/mol. The van der Waals surface area contributed by atoms with Crippen molar-refractivity contribution in [1.29, 1.82) is 0 Å². The lowest BCUT2D eigenvalue weighted by molar-refractivity contribution is 0.0968. The van der Waals surface area contributed by atoms with Gasteiger partial charge in [-0.15, -0.1) is 0 Å². The summed E-state index contributed by atoms with van der Waals surface area (Å²) in [6, 6.07) is 0. The van der Waals surface area contributed by atoms with Crippen LogP contribution < -0.4 is 0 Å². The van der Waals surface area contributed by atoms with Crippen molar-refractivity contribution < 1.29 is 4.79 Å². The molecule has 0 aliphatic heterocycles. The average molecular weight is 181 g/mol. The number of H-pyrrole nitrogens is 1. The molecule has 0 saturated heterocycles. The molecule has 0 aliphatic carbocycles. The fourth-order valence-electron chi connectivity index (χ4n) is 1.13. The third kappa shape index (κ3) is 3.36. The molecule has 0 atom stereocenters. The van der Waals surface area contributed by atoms with Crippen molar-refractivity contribution in [3.8, 4) is 0 Å². The van der Waals surface area contributed by atoms with Crippen molar-refractivity contribution in [2.24, 2.45) is 5.92 Å². The van der Waals surface area contributed by atoms with E-state index in [-0.39, 0.29) is 5.78 Å². The first kappa shape index (κ1) is 9.89. The van der Waals surface area contributed by atoms with E-state index < -0.39 is 0 Å². The molecule has 0 aliphatic rings. The van der Waals surface area contributed by atoms with Gasteiger partial charge < -0.3 is 0 Å². The normalized spacial score (nSPS) is 10.7. The minimum absolute atomic E-state index is 0.0538. The van der Waals surface area contributed by atoms with Crippen LogP contribution in [0.15, 0.2) is 6.33 Å². The Hall–Kier alpha value is -1.19. The lowest BCUT2D eigenvalue weighted by Crippen LogP contribution is -2.02. The van der Waals surface area contributed by atoms with E-state index in [1.54, 1.807) is 0 Å². The second-order valence-electron chi connectivity index (χ2n) is 3.54. The first-order valence-corrected chi connectivity index (χ1v) is 4.58. The van der Waals surface area contributed by atoms with Gasteiger partial charge in [0.25, 0.3) is 0 Å². The van der Waals surface area contributed by atoms with Crippen LogP contribution in [-0.2, 0) is 0 Å². The SMILES string of the molecule is CC(C)CCCC(=O)c1ncn[nH]1. The van der Waals surface area contributed by atoms with Crippen LogP contribution in [0.4, 0.5) is 0 Å². The third-order valence-electron chi connectivity index (χ3n) is 1.86. The molecule has 0 saturated carbocycles. The quantitative estimate of drug-likeness (QED) is 0.705. The molecular weight excluding hydrogens is 166 g/mol. The summed E-state index contributed by atoms with van der Waals surface area (Å²) in [4.78, 5) is 15.2. The summed E-state index contributed by atoms with van der Waals surface area (Å²) >= 11 is 0. The molecule has 0 amide bonds. The fraction of sp³-hybridized carbons (Fsp3) is 0.667.